The van der Waals surface area contributed by atoms with E-state index in [1.807, 2.05) is 36.4 Å². The molecule has 1 aliphatic rings. The molecule has 0 saturated heterocycles. The van der Waals surface area contributed by atoms with Gasteiger partial charge in [0, 0.05) is 6.21 Å². The highest BCUT2D eigenvalue weighted by molar-refractivity contribution is 5.81. The van der Waals surface area contributed by atoms with Crippen molar-refractivity contribution in [1.29, 1.82) is 0 Å². The Bertz CT molecular complexity index is 925. The summed E-state index contributed by atoms with van der Waals surface area (Å²) in [6.45, 7) is 0. The number of nitrogens with zero attached hydrogens (tertiary/aromatic N) is 1. The third-order valence-corrected chi connectivity index (χ3v) is 4.49. The zero-order valence-corrected chi connectivity index (χ0v) is 16.2. The molecule has 0 N–H and O–H groups in total. The van der Waals surface area contributed by atoms with Gasteiger partial charge in [0.05, 0.1) is 28.4 Å². The van der Waals surface area contributed by atoms with Crippen molar-refractivity contribution in [2.75, 3.05) is 28.4 Å². The van der Waals surface area contributed by atoms with Crippen LogP contribution >= 0.6 is 0 Å². The minimum Gasteiger partial charge on any atom is -0.494 e. The van der Waals surface area contributed by atoms with Crippen molar-refractivity contribution in [2.24, 2.45) is 4.99 Å². The van der Waals surface area contributed by atoms with Crippen molar-refractivity contribution in [3.05, 3.63) is 65.5 Å². The highest BCUT2D eigenvalue weighted by Gasteiger charge is 2.23. The molecule has 2 aromatic carbocycles. The lowest BCUT2D eigenvalue weighted by Crippen LogP contribution is -2.03. The van der Waals surface area contributed by atoms with Crippen LogP contribution in [-0.2, 0) is 0 Å². The molecule has 6 heteroatoms. The molecule has 0 aliphatic carbocycles. The Morgan fingerprint density at radius 2 is 1.50 bits per heavy atom. The molecular formula is C22H22FNO4. The van der Waals surface area contributed by atoms with Crippen LogP contribution in [0, 0.1) is 5.82 Å². The van der Waals surface area contributed by atoms with Crippen molar-refractivity contribution in [3.8, 4) is 23.0 Å². The molecule has 0 fully saturated rings. The summed E-state index contributed by atoms with van der Waals surface area (Å²) in [5.41, 5.74) is 2.37. The van der Waals surface area contributed by atoms with E-state index >= 15 is 0 Å². The third kappa shape index (κ3) is 3.71. The lowest BCUT2D eigenvalue weighted by Gasteiger charge is -2.20. The molecule has 2 aromatic rings. The van der Waals surface area contributed by atoms with E-state index in [-0.39, 0.29) is 11.8 Å². The average Bonchev–Trinajstić information content (AvgIpc) is 2.98. The SMILES string of the molecule is COc1ccc(C2=CC=CC=NC2c2cc(OC)c(OC)c(OC)c2)cc1F. The number of methoxy groups -OCH3 is 4. The zero-order valence-electron chi connectivity index (χ0n) is 16.2. The molecule has 0 bridgehead atoms. The molecule has 1 aliphatic heterocycles. The standard InChI is InChI=1S/C22H22FNO4/c1-25-18-9-8-14(11-17(18)23)16-7-5-6-10-24-21(16)15-12-19(26-2)22(28-4)20(13-15)27-3/h5-13,21H,1-4H3. The van der Waals surface area contributed by atoms with Crippen LogP contribution in [0.3, 0.4) is 0 Å². The largest absolute Gasteiger partial charge is 0.494 e. The topological polar surface area (TPSA) is 49.3 Å². The summed E-state index contributed by atoms with van der Waals surface area (Å²) in [6, 6.07) is 8.19. The van der Waals surface area contributed by atoms with E-state index in [1.165, 1.54) is 13.2 Å². The molecule has 0 saturated carbocycles. The molecule has 1 heterocycles. The smallest absolute Gasteiger partial charge is 0.203 e. The van der Waals surface area contributed by atoms with Gasteiger partial charge >= 0.3 is 0 Å². The lowest BCUT2D eigenvalue weighted by atomic mass is 9.92. The quantitative estimate of drug-likeness (QED) is 0.730. The van der Waals surface area contributed by atoms with E-state index in [4.69, 9.17) is 18.9 Å². The van der Waals surface area contributed by atoms with Crippen molar-refractivity contribution in [1.82, 2.24) is 0 Å². The molecule has 28 heavy (non-hydrogen) atoms. The summed E-state index contributed by atoms with van der Waals surface area (Å²) in [5, 5.41) is 0. The average molecular weight is 383 g/mol. The molecule has 0 amide bonds. The van der Waals surface area contributed by atoms with Gasteiger partial charge in [0.25, 0.3) is 0 Å². The summed E-state index contributed by atoms with van der Waals surface area (Å²) >= 11 is 0. The number of aliphatic imine (C=N–C) groups is 1. The number of ether oxygens (including phenoxy) is 4. The summed E-state index contributed by atoms with van der Waals surface area (Å²) < 4.78 is 35.7. The first-order valence-electron chi connectivity index (χ1n) is 8.66. The Kier molecular flexibility index (Phi) is 5.99. The van der Waals surface area contributed by atoms with Crippen molar-refractivity contribution >= 4 is 11.8 Å². The maximum Gasteiger partial charge on any atom is 0.203 e. The fourth-order valence-corrected chi connectivity index (χ4v) is 3.14. The van der Waals surface area contributed by atoms with Gasteiger partial charge in [-0.2, -0.15) is 0 Å². The summed E-state index contributed by atoms with van der Waals surface area (Å²) in [5.74, 6) is 1.34. The van der Waals surface area contributed by atoms with E-state index in [0.29, 0.717) is 22.8 Å². The normalized spacial score (nSPS) is 15.6. The number of rotatable bonds is 6. The highest BCUT2D eigenvalue weighted by atomic mass is 19.1. The summed E-state index contributed by atoms with van der Waals surface area (Å²) in [4.78, 5) is 4.64. The predicted octanol–water partition coefficient (Wildman–Crippen LogP) is 4.63. The van der Waals surface area contributed by atoms with Crippen molar-refractivity contribution in [2.45, 2.75) is 6.04 Å². The van der Waals surface area contributed by atoms with Gasteiger partial charge in [-0.15, -0.1) is 0 Å². The van der Waals surface area contributed by atoms with Gasteiger partial charge in [0.15, 0.2) is 23.1 Å². The monoisotopic (exact) mass is 383 g/mol. The third-order valence-electron chi connectivity index (χ3n) is 4.49. The summed E-state index contributed by atoms with van der Waals surface area (Å²) in [7, 11) is 6.12. The van der Waals surface area contributed by atoms with Gasteiger partial charge in [-0.3, -0.25) is 4.99 Å². The maximum atomic E-state index is 14.3. The van der Waals surface area contributed by atoms with Gasteiger partial charge in [-0.05, 0) is 47.0 Å². The van der Waals surface area contributed by atoms with E-state index in [2.05, 4.69) is 4.99 Å². The molecule has 0 aromatic heterocycles. The van der Waals surface area contributed by atoms with Crippen LogP contribution in [-0.4, -0.2) is 34.7 Å². The summed E-state index contributed by atoms with van der Waals surface area (Å²) in [6.07, 6.45) is 7.34. The Labute approximate surface area is 163 Å². The van der Waals surface area contributed by atoms with Gasteiger partial charge in [-0.1, -0.05) is 18.2 Å². The first-order chi connectivity index (χ1) is 13.6. The Balaban J connectivity index is 2.12. The number of hydrogen-bond donors (Lipinski definition) is 0. The Hall–Kier alpha value is -3.28. The molecule has 1 unspecified atom stereocenters. The van der Waals surface area contributed by atoms with E-state index in [1.54, 1.807) is 33.6 Å². The van der Waals surface area contributed by atoms with Crippen LogP contribution in [0.1, 0.15) is 17.2 Å². The fourth-order valence-electron chi connectivity index (χ4n) is 3.14. The van der Waals surface area contributed by atoms with Gasteiger partial charge < -0.3 is 18.9 Å². The predicted molar refractivity (Wildman–Crippen MR) is 107 cm³/mol. The van der Waals surface area contributed by atoms with E-state index in [9.17, 15) is 4.39 Å². The van der Waals surface area contributed by atoms with E-state index < -0.39 is 5.82 Å². The van der Waals surface area contributed by atoms with Crippen LogP contribution in [0.25, 0.3) is 5.57 Å². The number of halogens is 1. The van der Waals surface area contributed by atoms with Crippen LogP contribution in [0.5, 0.6) is 23.0 Å². The first-order valence-corrected chi connectivity index (χ1v) is 8.66. The molecule has 146 valence electrons. The number of allylic oxidation sites excluding steroid dienone is 3. The molecule has 3 rings (SSSR count). The Morgan fingerprint density at radius 3 is 2.07 bits per heavy atom. The molecule has 1 atom stereocenters. The molecule has 0 spiro atoms. The van der Waals surface area contributed by atoms with Crippen LogP contribution in [0.15, 0.2) is 53.6 Å². The second-order valence-electron chi connectivity index (χ2n) is 6.02. The Morgan fingerprint density at radius 1 is 0.821 bits per heavy atom. The van der Waals surface area contributed by atoms with Crippen LogP contribution in [0.2, 0.25) is 0 Å². The van der Waals surface area contributed by atoms with Gasteiger partial charge in [0.2, 0.25) is 5.75 Å². The van der Waals surface area contributed by atoms with Crippen LogP contribution in [0.4, 0.5) is 4.39 Å². The zero-order chi connectivity index (χ0) is 20.1. The van der Waals surface area contributed by atoms with Crippen LogP contribution < -0.4 is 18.9 Å². The second-order valence-corrected chi connectivity index (χ2v) is 6.02. The maximum absolute atomic E-state index is 14.3. The minimum atomic E-state index is -0.429. The van der Waals surface area contributed by atoms with Crippen molar-refractivity contribution in [3.63, 3.8) is 0 Å². The lowest BCUT2D eigenvalue weighted by molar-refractivity contribution is 0.323. The highest BCUT2D eigenvalue weighted by Crippen LogP contribution is 2.43. The van der Waals surface area contributed by atoms with Gasteiger partial charge in [0.1, 0.15) is 6.04 Å². The fraction of sp³-hybridized carbons (Fsp3) is 0.227. The minimum absolute atomic E-state index is 0.196. The first kappa shape index (κ1) is 19.5. The van der Waals surface area contributed by atoms with E-state index in [0.717, 1.165) is 11.1 Å². The number of benzene rings is 2. The molecule has 0 radical (unpaired) electrons. The molecular weight excluding hydrogens is 361 g/mol. The van der Waals surface area contributed by atoms with Crippen molar-refractivity contribution < 1.29 is 23.3 Å². The molecule has 5 nitrogen and oxygen atoms in total. The van der Waals surface area contributed by atoms with Gasteiger partial charge in [-0.25, -0.2) is 4.39 Å². The second kappa shape index (κ2) is 8.61. The number of hydrogen-bond acceptors (Lipinski definition) is 5.